The molecule has 0 saturated heterocycles. The topological polar surface area (TPSA) is 54.4 Å². The van der Waals surface area contributed by atoms with Crippen LogP contribution in [0.2, 0.25) is 0 Å². The minimum absolute atomic E-state index is 0.0695. The van der Waals surface area contributed by atoms with E-state index in [1.165, 1.54) is 13.0 Å². The lowest BCUT2D eigenvalue weighted by atomic mass is 10.1. The highest BCUT2D eigenvalue weighted by Gasteiger charge is 2.03. The van der Waals surface area contributed by atoms with Gasteiger partial charge < -0.3 is 5.11 Å². The monoisotopic (exact) mass is 282 g/mol. The minimum Gasteiger partial charge on any atom is -0.478 e. The van der Waals surface area contributed by atoms with Crippen LogP contribution in [0.15, 0.2) is 28.7 Å². The maximum absolute atomic E-state index is 11.0. The molecule has 0 spiro atoms. The number of halogens is 1. The van der Waals surface area contributed by atoms with Crippen LogP contribution < -0.4 is 0 Å². The Labute approximate surface area is 102 Å². The highest BCUT2D eigenvalue weighted by atomic mass is 79.9. The van der Waals surface area contributed by atoms with Gasteiger partial charge in [0.1, 0.15) is 5.78 Å². The van der Waals surface area contributed by atoms with Gasteiger partial charge in [-0.05, 0) is 30.2 Å². The summed E-state index contributed by atoms with van der Waals surface area (Å²) in [5, 5.41) is 8.49. The lowest BCUT2D eigenvalue weighted by Gasteiger charge is -2.03. The number of carboxylic acids is 1. The first-order valence-corrected chi connectivity index (χ1v) is 5.47. The molecule has 0 unspecified atom stereocenters. The van der Waals surface area contributed by atoms with Crippen molar-refractivity contribution >= 4 is 33.8 Å². The Bertz CT molecular complexity index is 450. The molecule has 0 aliphatic rings. The molecule has 1 aromatic carbocycles. The third kappa shape index (κ3) is 3.98. The average molecular weight is 283 g/mol. The van der Waals surface area contributed by atoms with Crippen molar-refractivity contribution in [2.24, 2.45) is 0 Å². The number of rotatable bonds is 4. The van der Waals surface area contributed by atoms with E-state index in [2.05, 4.69) is 15.9 Å². The fraction of sp³-hybridized carbons (Fsp3) is 0.167. The highest BCUT2D eigenvalue weighted by Crippen LogP contribution is 2.19. The molecule has 1 aromatic rings. The van der Waals surface area contributed by atoms with E-state index in [0.717, 1.165) is 21.7 Å². The zero-order chi connectivity index (χ0) is 12.1. The molecule has 84 valence electrons. The van der Waals surface area contributed by atoms with Crippen LogP contribution in [0.4, 0.5) is 0 Å². The van der Waals surface area contributed by atoms with Crippen LogP contribution in [0.1, 0.15) is 18.1 Å². The molecule has 0 aliphatic carbocycles. The molecule has 0 saturated carbocycles. The van der Waals surface area contributed by atoms with Gasteiger partial charge in [0.05, 0.1) is 0 Å². The summed E-state index contributed by atoms with van der Waals surface area (Å²) < 4.78 is 0.857. The number of Topliss-reactive ketones (excluding diaryl/α,β-unsaturated/α-hetero) is 1. The van der Waals surface area contributed by atoms with Crippen LogP contribution >= 0.6 is 15.9 Å². The third-order valence-corrected chi connectivity index (χ3v) is 2.70. The summed E-state index contributed by atoms with van der Waals surface area (Å²) in [4.78, 5) is 21.4. The first kappa shape index (κ1) is 12.6. The number of ketones is 1. The Kier molecular flexibility index (Phi) is 4.43. The summed E-state index contributed by atoms with van der Waals surface area (Å²) in [6, 6.07) is 5.39. The van der Waals surface area contributed by atoms with Gasteiger partial charge in [-0.2, -0.15) is 0 Å². The molecule has 1 rings (SSSR count). The molecule has 0 radical (unpaired) electrons. The Balaban J connectivity index is 2.97. The molecule has 0 bridgehead atoms. The third-order valence-electron chi connectivity index (χ3n) is 1.93. The van der Waals surface area contributed by atoms with E-state index in [1.54, 1.807) is 18.2 Å². The van der Waals surface area contributed by atoms with Crippen molar-refractivity contribution in [2.45, 2.75) is 13.3 Å². The zero-order valence-electron chi connectivity index (χ0n) is 8.74. The summed E-state index contributed by atoms with van der Waals surface area (Å²) in [6.45, 7) is 1.52. The minimum atomic E-state index is -0.990. The Morgan fingerprint density at radius 2 is 2.12 bits per heavy atom. The molecule has 0 atom stereocenters. The van der Waals surface area contributed by atoms with Gasteiger partial charge in [0, 0.05) is 17.0 Å². The van der Waals surface area contributed by atoms with Crippen LogP contribution in [0.25, 0.3) is 6.08 Å². The van der Waals surface area contributed by atoms with E-state index in [1.807, 2.05) is 0 Å². The molecule has 0 heterocycles. The van der Waals surface area contributed by atoms with Crippen molar-refractivity contribution < 1.29 is 14.7 Å². The number of hydrogen-bond acceptors (Lipinski definition) is 2. The predicted octanol–water partition coefficient (Wildman–Crippen LogP) is 2.68. The molecule has 0 fully saturated rings. The summed E-state index contributed by atoms with van der Waals surface area (Å²) in [7, 11) is 0. The lowest BCUT2D eigenvalue weighted by Crippen LogP contribution is -1.97. The van der Waals surface area contributed by atoms with Crippen molar-refractivity contribution in [1.29, 1.82) is 0 Å². The Morgan fingerprint density at radius 3 is 2.69 bits per heavy atom. The summed E-state index contributed by atoms with van der Waals surface area (Å²) in [5.41, 5.74) is 1.63. The number of carboxylic acid groups (broad SMARTS) is 1. The second-order valence-corrected chi connectivity index (χ2v) is 4.26. The standard InChI is InChI=1S/C12H11BrO3/c1-8(14)6-10-7-9(2-4-11(10)13)3-5-12(15)16/h2-5,7H,6H2,1H3,(H,15,16)/b5-3+. The number of benzene rings is 1. The fourth-order valence-electron chi connectivity index (χ4n) is 1.27. The van der Waals surface area contributed by atoms with Crippen molar-refractivity contribution in [3.05, 3.63) is 39.9 Å². The van der Waals surface area contributed by atoms with Gasteiger partial charge in [-0.3, -0.25) is 4.79 Å². The number of carbonyl (C=O) groups is 2. The Hall–Kier alpha value is -1.42. The molecule has 4 heteroatoms. The van der Waals surface area contributed by atoms with Crippen LogP contribution in [0.3, 0.4) is 0 Å². The number of carbonyl (C=O) groups excluding carboxylic acids is 1. The van der Waals surface area contributed by atoms with Crippen molar-refractivity contribution in [3.8, 4) is 0 Å². The predicted molar refractivity (Wildman–Crippen MR) is 65.2 cm³/mol. The quantitative estimate of drug-likeness (QED) is 0.864. The second kappa shape index (κ2) is 5.61. The maximum atomic E-state index is 11.0. The van der Waals surface area contributed by atoms with Crippen LogP contribution in [-0.4, -0.2) is 16.9 Å². The number of hydrogen-bond donors (Lipinski definition) is 1. The highest BCUT2D eigenvalue weighted by molar-refractivity contribution is 9.10. The second-order valence-electron chi connectivity index (χ2n) is 3.40. The average Bonchev–Trinajstić information content (AvgIpc) is 2.18. The number of aliphatic carboxylic acids is 1. The largest absolute Gasteiger partial charge is 0.478 e. The van der Waals surface area contributed by atoms with Crippen LogP contribution in [0, 0.1) is 0 Å². The lowest BCUT2D eigenvalue weighted by molar-refractivity contribution is -0.131. The van der Waals surface area contributed by atoms with E-state index >= 15 is 0 Å². The zero-order valence-corrected chi connectivity index (χ0v) is 10.3. The van der Waals surface area contributed by atoms with E-state index in [9.17, 15) is 9.59 Å². The fourth-order valence-corrected chi connectivity index (χ4v) is 1.66. The van der Waals surface area contributed by atoms with Gasteiger partial charge in [-0.25, -0.2) is 4.79 Å². The van der Waals surface area contributed by atoms with Crippen molar-refractivity contribution in [3.63, 3.8) is 0 Å². The summed E-state index contributed by atoms with van der Waals surface area (Å²) in [5.74, 6) is -0.920. The molecular formula is C12H11BrO3. The molecule has 1 N–H and O–H groups in total. The van der Waals surface area contributed by atoms with Gasteiger partial charge in [0.2, 0.25) is 0 Å². The van der Waals surface area contributed by atoms with E-state index in [4.69, 9.17) is 5.11 Å². The molecule has 0 amide bonds. The molecule has 3 nitrogen and oxygen atoms in total. The van der Waals surface area contributed by atoms with Crippen molar-refractivity contribution in [2.75, 3.05) is 0 Å². The van der Waals surface area contributed by atoms with Gasteiger partial charge in [0.15, 0.2) is 0 Å². The van der Waals surface area contributed by atoms with Crippen LogP contribution in [0.5, 0.6) is 0 Å². The van der Waals surface area contributed by atoms with Crippen molar-refractivity contribution in [1.82, 2.24) is 0 Å². The summed E-state index contributed by atoms with van der Waals surface area (Å²) in [6.07, 6.45) is 2.91. The molecule has 0 aliphatic heterocycles. The van der Waals surface area contributed by atoms with E-state index in [-0.39, 0.29) is 5.78 Å². The van der Waals surface area contributed by atoms with Gasteiger partial charge >= 0.3 is 5.97 Å². The van der Waals surface area contributed by atoms with Gasteiger partial charge in [-0.15, -0.1) is 0 Å². The van der Waals surface area contributed by atoms with E-state index < -0.39 is 5.97 Å². The maximum Gasteiger partial charge on any atom is 0.328 e. The van der Waals surface area contributed by atoms with Gasteiger partial charge in [-0.1, -0.05) is 28.1 Å². The molecule has 16 heavy (non-hydrogen) atoms. The van der Waals surface area contributed by atoms with Gasteiger partial charge in [0.25, 0.3) is 0 Å². The van der Waals surface area contributed by atoms with Crippen LogP contribution in [-0.2, 0) is 16.0 Å². The smallest absolute Gasteiger partial charge is 0.328 e. The van der Waals surface area contributed by atoms with E-state index in [0.29, 0.717) is 6.42 Å². The molecule has 0 aromatic heterocycles. The SMILES string of the molecule is CC(=O)Cc1cc(/C=C/C(=O)O)ccc1Br. The first-order valence-electron chi connectivity index (χ1n) is 4.68. The Morgan fingerprint density at radius 1 is 1.44 bits per heavy atom. The normalized spacial score (nSPS) is 10.6. The summed E-state index contributed by atoms with van der Waals surface area (Å²) >= 11 is 3.35. The molecular weight excluding hydrogens is 272 g/mol. The first-order chi connectivity index (χ1) is 7.49.